The molecule has 152 valence electrons. The van der Waals surface area contributed by atoms with Gasteiger partial charge in [0.2, 0.25) is 11.8 Å². The molecule has 3 N–H and O–H groups in total. The molecule has 1 aliphatic rings. The predicted octanol–water partition coefficient (Wildman–Crippen LogP) is 4.94. The summed E-state index contributed by atoms with van der Waals surface area (Å²) in [7, 11) is 0. The molecule has 1 unspecified atom stereocenters. The second kappa shape index (κ2) is 8.01. The number of nitrogens with one attached hydrogen (secondary N) is 1. The molecule has 0 saturated carbocycles. The predicted molar refractivity (Wildman–Crippen MR) is 118 cm³/mol. The Morgan fingerprint density at radius 2 is 1.90 bits per heavy atom. The van der Waals surface area contributed by atoms with Gasteiger partial charge in [0, 0.05) is 10.4 Å². The van der Waals surface area contributed by atoms with Gasteiger partial charge in [-0.2, -0.15) is 5.26 Å². The van der Waals surface area contributed by atoms with Gasteiger partial charge in [-0.15, -0.1) is 16.4 Å². The number of aromatic amines is 1. The Morgan fingerprint density at radius 3 is 2.61 bits per heavy atom. The van der Waals surface area contributed by atoms with Crippen LogP contribution in [0.1, 0.15) is 21.9 Å². The number of hydrogen-bond acceptors (Lipinski definition) is 6. The SMILES string of the molecule is N#CC1=C(N)Oc2n[nH]c(-c3ccc(OCc4ccccc4)cc3)c2C1c1cccs1. The van der Waals surface area contributed by atoms with Crippen molar-refractivity contribution in [2.45, 2.75) is 12.5 Å². The second-order valence-corrected chi connectivity index (χ2v) is 8.04. The molecule has 6 nitrogen and oxygen atoms in total. The Kier molecular flexibility index (Phi) is 4.90. The molecule has 2 aromatic carbocycles. The van der Waals surface area contributed by atoms with Gasteiger partial charge >= 0.3 is 0 Å². The fraction of sp³-hybridized carbons (Fsp3) is 0.0833. The van der Waals surface area contributed by atoms with Crippen molar-refractivity contribution in [1.82, 2.24) is 10.2 Å². The summed E-state index contributed by atoms with van der Waals surface area (Å²) in [5.74, 6) is 0.941. The summed E-state index contributed by atoms with van der Waals surface area (Å²) in [5, 5.41) is 19.1. The van der Waals surface area contributed by atoms with E-state index in [0.29, 0.717) is 18.1 Å². The van der Waals surface area contributed by atoms with Crippen LogP contribution in [0.25, 0.3) is 11.3 Å². The third-order valence-electron chi connectivity index (χ3n) is 5.16. The highest BCUT2D eigenvalue weighted by molar-refractivity contribution is 7.10. The molecule has 1 aliphatic heterocycles. The average Bonchev–Trinajstić information content (AvgIpc) is 3.48. The van der Waals surface area contributed by atoms with Crippen molar-refractivity contribution in [2.24, 2.45) is 5.73 Å². The number of allylic oxidation sites excluding steroid dienone is 1. The van der Waals surface area contributed by atoms with Gasteiger partial charge < -0.3 is 15.2 Å². The van der Waals surface area contributed by atoms with Crippen LogP contribution in [0, 0.1) is 11.3 Å². The minimum Gasteiger partial charge on any atom is -0.489 e. The third-order valence-corrected chi connectivity index (χ3v) is 6.10. The van der Waals surface area contributed by atoms with Crippen molar-refractivity contribution in [3.05, 3.63) is 99.6 Å². The summed E-state index contributed by atoms with van der Waals surface area (Å²) in [6.45, 7) is 0.504. The van der Waals surface area contributed by atoms with E-state index in [9.17, 15) is 5.26 Å². The lowest BCUT2D eigenvalue weighted by Crippen LogP contribution is -2.20. The monoisotopic (exact) mass is 426 g/mol. The highest BCUT2D eigenvalue weighted by Crippen LogP contribution is 2.46. The molecule has 31 heavy (non-hydrogen) atoms. The molecule has 7 heteroatoms. The Hall–Kier alpha value is -4.02. The van der Waals surface area contributed by atoms with Crippen LogP contribution in [0.15, 0.2) is 83.6 Å². The fourth-order valence-corrected chi connectivity index (χ4v) is 4.51. The molecular formula is C24H18N4O2S. The number of benzene rings is 2. The standard InChI is InChI=1S/C24H18N4O2S/c25-13-18-20(19-7-4-12-31-19)21-22(27-28-24(21)30-23(18)26)16-8-10-17(11-9-16)29-14-15-5-2-1-3-6-15/h1-12,20H,14,26H2,(H,27,28). The summed E-state index contributed by atoms with van der Waals surface area (Å²) < 4.78 is 11.5. The minimum absolute atomic E-state index is 0.0936. The summed E-state index contributed by atoms with van der Waals surface area (Å²) in [4.78, 5) is 1.01. The van der Waals surface area contributed by atoms with Crippen LogP contribution >= 0.6 is 11.3 Å². The maximum absolute atomic E-state index is 9.73. The van der Waals surface area contributed by atoms with Gasteiger partial charge in [-0.05, 0) is 41.3 Å². The van der Waals surface area contributed by atoms with Crippen molar-refractivity contribution in [2.75, 3.05) is 0 Å². The molecule has 0 amide bonds. The zero-order valence-electron chi connectivity index (χ0n) is 16.4. The number of fused-ring (bicyclic) bond motifs is 1. The lowest BCUT2D eigenvalue weighted by Gasteiger charge is -2.22. The second-order valence-electron chi connectivity index (χ2n) is 7.06. The third kappa shape index (κ3) is 3.54. The Labute approximate surface area is 183 Å². The summed E-state index contributed by atoms with van der Waals surface area (Å²) in [6, 6.07) is 24.0. The van der Waals surface area contributed by atoms with Gasteiger partial charge in [0.1, 0.15) is 24.0 Å². The first kappa shape index (κ1) is 19.0. The van der Waals surface area contributed by atoms with Crippen LogP contribution in [-0.2, 0) is 6.61 Å². The Morgan fingerprint density at radius 1 is 1.10 bits per heavy atom. The van der Waals surface area contributed by atoms with Gasteiger partial charge in [0.15, 0.2) is 0 Å². The number of rotatable bonds is 5. The normalized spacial score (nSPS) is 15.1. The van der Waals surface area contributed by atoms with Crippen molar-refractivity contribution in [3.8, 4) is 29.0 Å². The smallest absolute Gasteiger partial charge is 0.244 e. The largest absolute Gasteiger partial charge is 0.489 e. The molecule has 0 bridgehead atoms. The van der Waals surface area contributed by atoms with Crippen molar-refractivity contribution >= 4 is 11.3 Å². The zero-order valence-corrected chi connectivity index (χ0v) is 17.2. The number of H-pyrrole nitrogens is 1. The molecule has 0 fully saturated rings. The van der Waals surface area contributed by atoms with E-state index in [1.165, 1.54) is 0 Å². The van der Waals surface area contributed by atoms with E-state index in [1.54, 1.807) is 11.3 Å². The zero-order chi connectivity index (χ0) is 21.2. The van der Waals surface area contributed by atoms with E-state index in [4.69, 9.17) is 15.2 Å². The lowest BCUT2D eigenvalue weighted by molar-refractivity contribution is 0.306. The van der Waals surface area contributed by atoms with Crippen LogP contribution in [-0.4, -0.2) is 10.2 Å². The maximum Gasteiger partial charge on any atom is 0.244 e. The van der Waals surface area contributed by atoms with Gasteiger partial charge in [0.05, 0.1) is 17.2 Å². The van der Waals surface area contributed by atoms with E-state index in [1.807, 2.05) is 72.1 Å². The highest BCUT2D eigenvalue weighted by Gasteiger charge is 2.36. The number of hydrogen-bond donors (Lipinski definition) is 2. The quantitative estimate of drug-likeness (QED) is 0.471. The van der Waals surface area contributed by atoms with Gasteiger partial charge in [-0.1, -0.05) is 36.4 Å². The summed E-state index contributed by atoms with van der Waals surface area (Å²) >= 11 is 1.57. The first-order valence-corrected chi connectivity index (χ1v) is 10.6. The molecule has 0 aliphatic carbocycles. The van der Waals surface area contributed by atoms with Crippen LogP contribution in [0.2, 0.25) is 0 Å². The van der Waals surface area contributed by atoms with Crippen LogP contribution in [0.5, 0.6) is 11.6 Å². The van der Waals surface area contributed by atoms with Crippen LogP contribution < -0.4 is 15.2 Å². The Balaban J connectivity index is 1.46. The van der Waals surface area contributed by atoms with Crippen molar-refractivity contribution < 1.29 is 9.47 Å². The van der Waals surface area contributed by atoms with Crippen molar-refractivity contribution in [1.29, 1.82) is 5.26 Å². The summed E-state index contributed by atoms with van der Waals surface area (Å²) in [5.41, 5.74) is 10.0. The topological polar surface area (TPSA) is 97.0 Å². The van der Waals surface area contributed by atoms with E-state index < -0.39 is 0 Å². The summed E-state index contributed by atoms with van der Waals surface area (Å²) in [6.07, 6.45) is 0. The lowest BCUT2D eigenvalue weighted by atomic mass is 9.87. The number of nitrogens with two attached hydrogens (primary N) is 1. The average molecular weight is 427 g/mol. The molecular weight excluding hydrogens is 408 g/mol. The molecule has 3 heterocycles. The Bertz CT molecular complexity index is 1270. The molecule has 5 rings (SSSR count). The van der Waals surface area contributed by atoms with E-state index >= 15 is 0 Å². The van der Waals surface area contributed by atoms with E-state index in [-0.39, 0.29) is 11.8 Å². The maximum atomic E-state index is 9.73. The molecule has 0 saturated heterocycles. The molecule has 0 spiro atoms. The number of nitrogens with zero attached hydrogens (tertiary/aromatic N) is 2. The van der Waals surface area contributed by atoms with Crippen molar-refractivity contribution in [3.63, 3.8) is 0 Å². The van der Waals surface area contributed by atoms with Crippen LogP contribution in [0.3, 0.4) is 0 Å². The molecule has 4 aromatic rings. The number of ether oxygens (including phenoxy) is 2. The minimum atomic E-state index is -0.323. The first-order chi connectivity index (χ1) is 15.2. The van der Waals surface area contributed by atoms with E-state index in [2.05, 4.69) is 16.3 Å². The fourth-order valence-electron chi connectivity index (χ4n) is 3.66. The van der Waals surface area contributed by atoms with Gasteiger partial charge in [0.25, 0.3) is 0 Å². The molecule has 0 radical (unpaired) electrons. The van der Waals surface area contributed by atoms with Gasteiger partial charge in [-0.25, -0.2) is 0 Å². The van der Waals surface area contributed by atoms with Crippen LogP contribution in [0.4, 0.5) is 0 Å². The number of thiophene rings is 1. The van der Waals surface area contributed by atoms with Gasteiger partial charge in [-0.3, -0.25) is 5.10 Å². The first-order valence-electron chi connectivity index (χ1n) is 9.71. The highest BCUT2D eigenvalue weighted by atomic mass is 32.1. The van der Waals surface area contributed by atoms with E-state index in [0.717, 1.165) is 33.0 Å². The molecule has 1 atom stereocenters. The molecule has 2 aromatic heterocycles. The number of aromatic nitrogens is 2. The number of nitriles is 1.